The number of hydrogen-bond donors (Lipinski definition) is 2. The fourth-order valence-corrected chi connectivity index (χ4v) is 3.29. The summed E-state index contributed by atoms with van der Waals surface area (Å²) in [5.74, 6) is 0. The van der Waals surface area contributed by atoms with Crippen molar-refractivity contribution in [2.24, 2.45) is 5.14 Å². The maximum Gasteiger partial charge on any atom is 0.240 e. The Morgan fingerprint density at radius 1 is 1.40 bits per heavy atom. The third-order valence-corrected chi connectivity index (χ3v) is 4.87. The van der Waals surface area contributed by atoms with Gasteiger partial charge in [0.2, 0.25) is 10.0 Å². The fourth-order valence-electron chi connectivity index (χ4n) is 1.82. The lowest BCUT2D eigenvalue weighted by atomic mass is 10.2. The zero-order chi connectivity index (χ0) is 14.9. The van der Waals surface area contributed by atoms with Crippen molar-refractivity contribution in [3.05, 3.63) is 34.3 Å². The third-order valence-electron chi connectivity index (χ3n) is 2.97. The average molecular weight is 312 g/mol. The number of nitrogens with zero attached hydrogens (tertiary/aromatic N) is 2. The quantitative estimate of drug-likeness (QED) is 0.829. The summed E-state index contributed by atoms with van der Waals surface area (Å²) in [5.41, 5.74) is 9.52. The molecule has 0 aliphatic heterocycles. The number of nitrogens with two attached hydrogens (primary N) is 2. The Balaban J connectivity index is 2.26. The van der Waals surface area contributed by atoms with Crippen LogP contribution in [0.5, 0.6) is 0 Å². The van der Waals surface area contributed by atoms with Gasteiger partial charge >= 0.3 is 0 Å². The molecule has 2 rings (SSSR count). The Bertz CT molecular complexity index is 725. The summed E-state index contributed by atoms with van der Waals surface area (Å²) in [5, 5.41) is 5.09. The molecule has 0 unspecified atom stereocenters. The van der Waals surface area contributed by atoms with Crippen LogP contribution in [0.25, 0.3) is 0 Å². The monoisotopic (exact) mass is 312 g/mol. The van der Waals surface area contributed by atoms with Crippen LogP contribution in [-0.2, 0) is 16.6 Å². The number of aromatic nitrogens is 1. The molecule has 0 atom stereocenters. The van der Waals surface area contributed by atoms with Crippen molar-refractivity contribution < 1.29 is 8.42 Å². The molecule has 0 amide bonds. The topological polar surface area (TPSA) is 102 Å². The highest BCUT2D eigenvalue weighted by molar-refractivity contribution is 7.89. The largest absolute Gasteiger partial charge is 0.398 e. The van der Waals surface area contributed by atoms with Crippen LogP contribution in [0.15, 0.2) is 28.6 Å². The maximum atomic E-state index is 11.3. The summed E-state index contributed by atoms with van der Waals surface area (Å²) in [7, 11) is -1.88. The number of primary sulfonamides is 1. The van der Waals surface area contributed by atoms with Gasteiger partial charge in [0.15, 0.2) is 0 Å². The van der Waals surface area contributed by atoms with Crippen LogP contribution in [0.1, 0.15) is 10.6 Å². The summed E-state index contributed by atoms with van der Waals surface area (Å²) in [6, 6.07) is 4.72. The molecule has 0 saturated heterocycles. The summed E-state index contributed by atoms with van der Waals surface area (Å²) >= 11 is 1.58. The van der Waals surface area contributed by atoms with E-state index in [9.17, 15) is 8.42 Å². The second kappa shape index (κ2) is 5.39. The van der Waals surface area contributed by atoms with Gasteiger partial charge in [-0.2, -0.15) is 0 Å². The van der Waals surface area contributed by atoms with Gasteiger partial charge in [0.05, 0.1) is 23.4 Å². The zero-order valence-corrected chi connectivity index (χ0v) is 12.8. The molecule has 108 valence electrons. The normalized spacial score (nSPS) is 11.6. The number of hydrogen-bond acceptors (Lipinski definition) is 6. The number of sulfonamides is 1. The van der Waals surface area contributed by atoms with Crippen LogP contribution in [-0.4, -0.2) is 20.4 Å². The van der Waals surface area contributed by atoms with E-state index in [4.69, 9.17) is 10.9 Å². The van der Waals surface area contributed by atoms with E-state index >= 15 is 0 Å². The van der Waals surface area contributed by atoms with E-state index in [1.165, 1.54) is 6.07 Å². The Kier molecular flexibility index (Phi) is 3.98. The van der Waals surface area contributed by atoms with E-state index in [1.807, 2.05) is 18.9 Å². The Labute approximate surface area is 122 Å². The highest BCUT2D eigenvalue weighted by Gasteiger charge is 2.14. The molecule has 1 aromatic heterocycles. The SMILES string of the molecule is Cc1ncsc1CN(C)c1ccc(S(N)(=O)=O)c(N)c1. The lowest BCUT2D eigenvalue weighted by Crippen LogP contribution is -2.18. The van der Waals surface area contributed by atoms with Gasteiger partial charge in [0.1, 0.15) is 4.90 Å². The van der Waals surface area contributed by atoms with Crippen molar-refractivity contribution in [3.8, 4) is 0 Å². The van der Waals surface area contributed by atoms with Crippen LogP contribution in [0.3, 0.4) is 0 Å². The molecule has 0 spiro atoms. The highest BCUT2D eigenvalue weighted by atomic mass is 32.2. The average Bonchev–Trinajstić information content (AvgIpc) is 2.73. The predicted molar refractivity (Wildman–Crippen MR) is 81.2 cm³/mol. The smallest absolute Gasteiger partial charge is 0.240 e. The van der Waals surface area contributed by atoms with Crippen molar-refractivity contribution in [1.29, 1.82) is 0 Å². The van der Waals surface area contributed by atoms with Gasteiger partial charge in [-0.1, -0.05) is 0 Å². The van der Waals surface area contributed by atoms with E-state index < -0.39 is 10.0 Å². The predicted octanol–water partition coefficient (Wildman–Crippen LogP) is 1.32. The summed E-state index contributed by atoms with van der Waals surface area (Å²) < 4.78 is 22.6. The van der Waals surface area contributed by atoms with Crippen molar-refractivity contribution in [3.63, 3.8) is 0 Å². The van der Waals surface area contributed by atoms with Gasteiger partial charge in [-0.25, -0.2) is 18.5 Å². The molecule has 0 saturated carbocycles. The van der Waals surface area contributed by atoms with Gasteiger partial charge in [0.25, 0.3) is 0 Å². The number of anilines is 2. The van der Waals surface area contributed by atoms with Crippen molar-refractivity contribution in [2.75, 3.05) is 17.7 Å². The molecule has 1 heterocycles. The minimum atomic E-state index is -3.78. The number of aryl methyl sites for hydroxylation is 1. The van der Waals surface area contributed by atoms with Crippen LogP contribution < -0.4 is 15.8 Å². The molecule has 0 radical (unpaired) electrons. The van der Waals surface area contributed by atoms with E-state index in [0.717, 1.165) is 16.3 Å². The first-order chi connectivity index (χ1) is 9.29. The molecule has 0 fully saturated rings. The number of rotatable bonds is 4. The van der Waals surface area contributed by atoms with Gasteiger partial charge in [-0.05, 0) is 25.1 Å². The van der Waals surface area contributed by atoms with Crippen LogP contribution >= 0.6 is 11.3 Å². The van der Waals surface area contributed by atoms with Crippen molar-refractivity contribution >= 4 is 32.7 Å². The van der Waals surface area contributed by atoms with E-state index in [2.05, 4.69) is 4.98 Å². The zero-order valence-electron chi connectivity index (χ0n) is 11.2. The number of benzene rings is 1. The van der Waals surface area contributed by atoms with Gasteiger partial charge in [0, 0.05) is 17.6 Å². The fraction of sp³-hybridized carbons (Fsp3) is 0.250. The number of nitrogen functional groups attached to an aromatic ring is 1. The second-order valence-electron chi connectivity index (χ2n) is 4.48. The minimum Gasteiger partial charge on any atom is -0.398 e. The molecule has 1 aromatic carbocycles. The van der Waals surface area contributed by atoms with E-state index in [0.29, 0.717) is 6.54 Å². The lowest BCUT2D eigenvalue weighted by molar-refractivity contribution is 0.598. The van der Waals surface area contributed by atoms with Crippen molar-refractivity contribution in [1.82, 2.24) is 4.98 Å². The Morgan fingerprint density at radius 2 is 2.10 bits per heavy atom. The molecule has 6 nitrogen and oxygen atoms in total. The summed E-state index contributed by atoms with van der Waals surface area (Å²) in [4.78, 5) is 7.28. The Morgan fingerprint density at radius 3 is 2.60 bits per heavy atom. The van der Waals surface area contributed by atoms with Crippen LogP contribution in [0, 0.1) is 6.92 Å². The molecule has 8 heteroatoms. The van der Waals surface area contributed by atoms with E-state index in [-0.39, 0.29) is 10.6 Å². The van der Waals surface area contributed by atoms with Gasteiger partial charge in [-0.15, -0.1) is 11.3 Å². The summed E-state index contributed by atoms with van der Waals surface area (Å²) in [6.45, 7) is 2.64. The molecule has 4 N–H and O–H groups in total. The standard InChI is InChI=1S/C12H16N4O2S2/c1-8-11(19-7-15-8)6-16(2)9-3-4-12(10(13)5-9)20(14,17)18/h3-5,7H,6,13H2,1-2H3,(H2,14,17,18). The molecule has 2 aromatic rings. The highest BCUT2D eigenvalue weighted by Crippen LogP contribution is 2.25. The first kappa shape index (κ1) is 14.8. The second-order valence-corrected chi connectivity index (χ2v) is 6.95. The van der Waals surface area contributed by atoms with E-state index in [1.54, 1.807) is 29.0 Å². The molecular weight excluding hydrogens is 296 g/mol. The molecular formula is C12H16N4O2S2. The van der Waals surface area contributed by atoms with Crippen LogP contribution in [0.4, 0.5) is 11.4 Å². The molecule has 0 bridgehead atoms. The van der Waals surface area contributed by atoms with Crippen LogP contribution in [0.2, 0.25) is 0 Å². The third kappa shape index (κ3) is 3.09. The van der Waals surface area contributed by atoms with Crippen molar-refractivity contribution in [2.45, 2.75) is 18.4 Å². The lowest BCUT2D eigenvalue weighted by Gasteiger charge is -2.19. The maximum absolute atomic E-state index is 11.3. The Hall–Kier alpha value is -1.64. The first-order valence-corrected chi connectivity index (χ1v) is 8.24. The molecule has 0 aliphatic carbocycles. The van der Waals surface area contributed by atoms with Gasteiger partial charge in [-0.3, -0.25) is 0 Å². The summed E-state index contributed by atoms with van der Waals surface area (Å²) in [6.07, 6.45) is 0. The number of thiazole rings is 1. The minimum absolute atomic E-state index is 0.0522. The molecule has 20 heavy (non-hydrogen) atoms. The first-order valence-electron chi connectivity index (χ1n) is 5.81. The van der Waals surface area contributed by atoms with Gasteiger partial charge < -0.3 is 10.6 Å². The molecule has 0 aliphatic rings.